The zero-order valence-electron chi connectivity index (χ0n) is 12.2. The van der Waals surface area contributed by atoms with Gasteiger partial charge in [-0.25, -0.2) is 0 Å². The molecule has 1 atom stereocenters. The summed E-state index contributed by atoms with van der Waals surface area (Å²) in [4.78, 5) is 14.3. The number of nitrogens with zero attached hydrogens (tertiary/aromatic N) is 4. The van der Waals surface area contributed by atoms with Gasteiger partial charge in [-0.05, 0) is 26.3 Å². The molecule has 1 fully saturated rings. The van der Waals surface area contributed by atoms with Crippen molar-refractivity contribution in [2.45, 2.75) is 25.8 Å². The van der Waals surface area contributed by atoms with Crippen molar-refractivity contribution in [2.75, 3.05) is 18.4 Å². The van der Waals surface area contributed by atoms with E-state index in [0.29, 0.717) is 18.1 Å². The lowest BCUT2D eigenvalue weighted by atomic mass is 10.1. The van der Waals surface area contributed by atoms with E-state index in [1.165, 1.54) is 5.56 Å². The van der Waals surface area contributed by atoms with Crippen molar-refractivity contribution in [3.05, 3.63) is 29.8 Å². The van der Waals surface area contributed by atoms with Crippen LogP contribution in [0.15, 0.2) is 23.0 Å². The van der Waals surface area contributed by atoms with E-state index >= 15 is 0 Å². The Bertz CT molecular complexity index is 633. The van der Waals surface area contributed by atoms with Crippen LogP contribution in [0, 0.1) is 6.92 Å². The maximum absolute atomic E-state index is 12.1. The van der Waals surface area contributed by atoms with Crippen LogP contribution in [0.3, 0.4) is 0 Å². The van der Waals surface area contributed by atoms with E-state index in [-0.39, 0.29) is 11.9 Å². The van der Waals surface area contributed by atoms with Crippen molar-refractivity contribution in [2.24, 2.45) is 7.05 Å². The first-order valence-corrected chi connectivity index (χ1v) is 7.07. The van der Waals surface area contributed by atoms with E-state index in [1.807, 2.05) is 19.4 Å². The predicted octanol–water partition coefficient (Wildman–Crippen LogP) is 1.49. The molecule has 2 aromatic heterocycles. The quantitative estimate of drug-likeness (QED) is 0.923. The van der Waals surface area contributed by atoms with Crippen molar-refractivity contribution in [1.82, 2.24) is 19.8 Å². The summed E-state index contributed by atoms with van der Waals surface area (Å²) in [5.41, 5.74) is 1.17. The molecule has 7 nitrogen and oxygen atoms in total. The molecule has 0 unspecified atom stereocenters. The minimum atomic E-state index is -0.0703. The number of aromatic nitrogens is 3. The third kappa shape index (κ3) is 3.13. The molecule has 0 aliphatic carbocycles. The Morgan fingerprint density at radius 1 is 1.57 bits per heavy atom. The van der Waals surface area contributed by atoms with Crippen LogP contribution in [0.2, 0.25) is 0 Å². The lowest BCUT2D eigenvalue weighted by Crippen LogP contribution is -2.32. The molecule has 1 saturated heterocycles. The minimum Gasteiger partial charge on any atom is -0.360 e. The number of carbonyl (C=O) groups excluding carboxylic acids is 1. The summed E-state index contributed by atoms with van der Waals surface area (Å²) in [5, 5.41) is 10.7. The van der Waals surface area contributed by atoms with Gasteiger partial charge in [-0.1, -0.05) is 5.16 Å². The summed E-state index contributed by atoms with van der Waals surface area (Å²) >= 11 is 0. The first-order chi connectivity index (χ1) is 10.1. The summed E-state index contributed by atoms with van der Waals surface area (Å²) in [6, 6.07) is 1.98. The first-order valence-electron chi connectivity index (χ1n) is 7.07. The number of hydrogen-bond donors (Lipinski definition) is 1. The number of amides is 1. The van der Waals surface area contributed by atoms with E-state index in [2.05, 4.69) is 20.5 Å². The Morgan fingerprint density at radius 3 is 3.10 bits per heavy atom. The molecule has 1 N–H and O–H groups in total. The number of rotatable bonds is 4. The maximum Gasteiger partial charge on any atom is 0.239 e. The topological polar surface area (TPSA) is 76.2 Å². The van der Waals surface area contributed by atoms with Gasteiger partial charge in [0.05, 0.1) is 12.7 Å². The Hall–Kier alpha value is -2.15. The normalized spacial score (nSPS) is 19.0. The van der Waals surface area contributed by atoms with Crippen LogP contribution in [-0.4, -0.2) is 38.8 Å². The van der Waals surface area contributed by atoms with E-state index in [9.17, 15) is 4.79 Å². The van der Waals surface area contributed by atoms with Crippen LogP contribution >= 0.6 is 0 Å². The average molecular weight is 289 g/mol. The van der Waals surface area contributed by atoms with Gasteiger partial charge in [0.25, 0.3) is 0 Å². The summed E-state index contributed by atoms with van der Waals surface area (Å²) < 4.78 is 6.73. The summed E-state index contributed by atoms with van der Waals surface area (Å²) in [5.74, 6) is 1.08. The molecular formula is C14H19N5O2. The largest absolute Gasteiger partial charge is 0.360 e. The van der Waals surface area contributed by atoms with Gasteiger partial charge in [0.15, 0.2) is 5.82 Å². The highest BCUT2D eigenvalue weighted by molar-refractivity contribution is 5.91. The number of carbonyl (C=O) groups is 1. The van der Waals surface area contributed by atoms with E-state index < -0.39 is 0 Å². The molecular weight excluding hydrogens is 270 g/mol. The van der Waals surface area contributed by atoms with Crippen molar-refractivity contribution >= 4 is 11.7 Å². The second-order valence-electron chi connectivity index (χ2n) is 5.45. The molecule has 112 valence electrons. The molecule has 3 heterocycles. The molecule has 0 spiro atoms. The molecule has 1 aliphatic heterocycles. The Morgan fingerprint density at radius 2 is 2.43 bits per heavy atom. The van der Waals surface area contributed by atoms with Crippen molar-refractivity contribution in [3.63, 3.8) is 0 Å². The molecule has 1 aliphatic rings. The highest BCUT2D eigenvalue weighted by atomic mass is 16.5. The van der Waals surface area contributed by atoms with Gasteiger partial charge in [0.1, 0.15) is 5.76 Å². The molecule has 1 amide bonds. The average Bonchev–Trinajstić information content (AvgIpc) is 3.12. The Kier molecular flexibility index (Phi) is 3.74. The third-order valence-electron chi connectivity index (χ3n) is 3.72. The fraction of sp³-hybridized carbons (Fsp3) is 0.500. The predicted molar refractivity (Wildman–Crippen MR) is 76.6 cm³/mol. The van der Waals surface area contributed by atoms with Crippen LogP contribution in [0.25, 0.3) is 0 Å². The zero-order chi connectivity index (χ0) is 14.8. The SMILES string of the molecule is Cc1cc(NC(=O)CN2CCC[C@H]2c2cnn(C)c2)no1. The standard InChI is InChI=1S/C14H19N5O2/c1-10-6-13(17-21-10)16-14(20)9-19-5-3-4-12(19)11-7-15-18(2)8-11/h6-8,12H,3-5,9H2,1-2H3,(H,16,17,20)/t12-/m0/s1. The van der Waals surface area contributed by atoms with E-state index in [0.717, 1.165) is 19.4 Å². The third-order valence-corrected chi connectivity index (χ3v) is 3.72. The van der Waals surface area contributed by atoms with Gasteiger partial charge in [0, 0.05) is 30.9 Å². The fourth-order valence-corrected chi connectivity index (χ4v) is 2.80. The number of likely N-dealkylation sites (tertiary alicyclic amines) is 1. The van der Waals surface area contributed by atoms with Crippen molar-refractivity contribution < 1.29 is 9.32 Å². The maximum atomic E-state index is 12.1. The Balaban J connectivity index is 1.62. The molecule has 7 heteroatoms. The second kappa shape index (κ2) is 5.69. The van der Waals surface area contributed by atoms with Crippen LogP contribution in [0.5, 0.6) is 0 Å². The first kappa shape index (κ1) is 13.8. The molecule has 21 heavy (non-hydrogen) atoms. The zero-order valence-corrected chi connectivity index (χ0v) is 12.2. The lowest BCUT2D eigenvalue weighted by molar-refractivity contribution is -0.117. The fourth-order valence-electron chi connectivity index (χ4n) is 2.80. The van der Waals surface area contributed by atoms with Crippen LogP contribution in [0.4, 0.5) is 5.82 Å². The van der Waals surface area contributed by atoms with E-state index in [4.69, 9.17) is 4.52 Å². The van der Waals surface area contributed by atoms with Gasteiger partial charge in [-0.2, -0.15) is 5.10 Å². The number of aryl methyl sites for hydroxylation is 2. The van der Waals surface area contributed by atoms with Gasteiger partial charge in [-0.3, -0.25) is 14.4 Å². The van der Waals surface area contributed by atoms with Gasteiger partial charge in [0.2, 0.25) is 5.91 Å². The highest BCUT2D eigenvalue weighted by Gasteiger charge is 2.28. The highest BCUT2D eigenvalue weighted by Crippen LogP contribution is 2.31. The van der Waals surface area contributed by atoms with Gasteiger partial charge < -0.3 is 9.84 Å². The molecule has 2 aromatic rings. The van der Waals surface area contributed by atoms with Crippen LogP contribution in [-0.2, 0) is 11.8 Å². The van der Waals surface area contributed by atoms with Crippen molar-refractivity contribution in [3.8, 4) is 0 Å². The smallest absolute Gasteiger partial charge is 0.239 e. The van der Waals surface area contributed by atoms with Crippen molar-refractivity contribution in [1.29, 1.82) is 0 Å². The second-order valence-corrected chi connectivity index (χ2v) is 5.45. The summed E-state index contributed by atoms with van der Waals surface area (Å²) in [7, 11) is 1.91. The number of anilines is 1. The monoisotopic (exact) mass is 289 g/mol. The van der Waals surface area contributed by atoms with Gasteiger partial charge in [-0.15, -0.1) is 0 Å². The molecule has 0 bridgehead atoms. The number of nitrogens with one attached hydrogen (secondary N) is 1. The van der Waals surface area contributed by atoms with Crippen LogP contribution in [0.1, 0.15) is 30.2 Å². The van der Waals surface area contributed by atoms with Crippen LogP contribution < -0.4 is 5.32 Å². The molecule has 0 radical (unpaired) electrons. The summed E-state index contributed by atoms with van der Waals surface area (Å²) in [6.45, 7) is 3.07. The molecule has 3 rings (SSSR count). The Labute approximate surface area is 122 Å². The van der Waals surface area contributed by atoms with E-state index in [1.54, 1.807) is 17.7 Å². The molecule has 0 saturated carbocycles. The summed E-state index contributed by atoms with van der Waals surface area (Å²) in [6.07, 6.45) is 6.04. The number of hydrogen-bond acceptors (Lipinski definition) is 5. The lowest BCUT2D eigenvalue weighted by Gasteiger charge is -2.22. The minimum absolute atomic E-state index is 0.0703. The van der Waals surface area contributed by atoms with Gasteiger partial charge >= 0.3 is 0 Å². The molecule has 0 aromatic carbocycles.